The molecule has 3 nitrogen and oxygen atoms in total. The fourth-order valence-corrected chi connectivity index (χ4v) is 8.85. The number of nitrogens with zero attached hydrogens (tertiary/aromatic N) is 1. The highest BCUT2D eigenvalue weighted by Gasteiger charge is 2.65. The first kappa shape index (κ1) is 20.7. The van der Waals surface area contributed by atoms with Crippen LogP contribution in [0.2, 0.25) is 0 Å². The highest BCUT2D eigenvalue weighted by atomic mass is 16.5. The number of ether oxygens (including phenoxy) is 1. The van der Waals surface area contributed by atoms with E-state index in [-0.39, 0.29) is 5.60 Å². The zero-order valence-electron chi connectivity index (χ0n) is 18.8. The lowest BCUT2D eigenvalue weighted by Gasteiger charge is -2.60. The first-order valence-corrected chi connectivity index (χ1v) is 12.4. The van der Waals surface area contributed by atoms with Crippen LogP contribution in [0.1, 0.15) is 105 Å². The second-order valence-corrected chi connectivity index (χ2v) is 10.8. The Morgan fingerprint density at radius 1 is 0.929 bits per heavy atom. The maximum Gasteiger partial charge on any atom is 0.0739 e. The fraction of sp³-hybridized carbons (Fsp3) is 0.960. The SMILES string of the molecule is CC.CC12CCC/C(=N\O)CC1CCC1C2CCC2(C)C1CCC21CCCO1. The Bertz CT molecular complexity index is 595. The smallest absolute Gasteiger partial charge is 0.0739 e. The zero-order valence-corrected chi connectivity index (χ0v) is 18.8. The van der Waals surface area contributed by atoms with E-state index in [2.05, 4.69) is 19.0 Å². The molecule has 28 heavy (non-hydrogen) atoms. The molecule has 1 N–H and O–H groups in total. The molecule has 5 rings (SSSR count). The number of oxime groups is 1. The van der Waals surface area contributed by atoms with E-state index in [0.29, 0.717) is 10.8 Å². The maximum absolute atomic E-state index is 9.37. The van der Waals surface area contributed by atoms with E-state index in [4.69, 9.17) is 4.74 Å². The topological polar surface area (TPSA) is 41.8 Å². The van der Waals surface area contributed by atoms with Crippen molar-refractivity contribution in [3.63, 3.8) is 0 Å². The maximum atomic E-state index is 9.37. The van der Waals surface area contributed by atoms with Gasteiger partial charge in [0, 0.05) is 6.61 Å². The van der Waals surface area contributed by atoms with E-state index in [1.165, 1.54) is 64.2 Å². The highest BCUT2D eigenvalue weighted by molar-refractivity contribution is 5.84. The first-order chi connectivity index (χ1) is 13.5. The van der Waals surface area contributed by atoms with Crippen LogP contribution in [-0.2, 0) is 4.74 Å². The van der Waals surface area contributed by atoms with Crippen molar-refractivity contribution in [3.8, 4) is 0 Å². The van der Waals surface area contributed by atoms with Gasteiger partial charge in [-0.25, -0.2) is 0 Å². The van der Waals surface area contributed by atoms with Crippen molar-refractivity contribution in [2.24, 2.45) is 39.7 Å². The molecule has 4 saturated carbocycles. The molecule has 7 unspecified atom stereocenters. The van der Waals surface area contributed by atoms with E-state index >= 15 is 0 Å². The van der Waals surface area contributed by atoms with Gasteiger partial charge >= 0.3 is 0 Å². The lowest BCUT2D eigenvalue weighted by Crippen LogP contribution is -2.55. The Morgan fingerprint density at radius 2 is 1.71 bits per heavy atom. The van der Waals surface area contributed by atoms with Crippen LogP contribution >= 0.6 is 0 Å². The van der Waals surface area contributed by atoms with E-state index in [1.807, 2.05) is 13.8 Å². The Balaban J connectivity index is 0.000000932. The van der Waals surface area contributed by atoms with Gasteiger partial charge in [-0.1, -0.05) is 32.9 Å². The van der Waals surface area contributed by atoms with Gasteiger partial charge in [0.15, 0.2) is 0 Å². The average Bonchev–Trinajstić information content (AvgIpc) is 3.26. The molecule has 0 bridgehead atoms. The molecule has 0 aromatic rings. The summed E-state index contributed by atoms with van der Waals surface area (Å²) in [5.74, 6) is 3.41. The highest BCUT2D eigenvalue weighted by Crippen LogP contribution is 2.69. The third-order valence-electron chi connectivity index (χ3n) is 10.3. The van der Waals surface area contributed by atoms with Crippen molar-refractivity contribution in [1.29, 1.82) is 0 Å². The molecule has 0 aromatic heterocycles. The molecule has 1 aliphatic heterocycles. The Labute approximate surface area is 172 Å². The van der Waals surface area contributed by atoms with E-state index in [0.717, 1.165) is 48.8 Å². The number of fused-ring (bicyclic) bond motifs is 6. The summed E-state index contributed by atoms with van der Waals surface area (Å²) in [4.78, 5) is 0. The lowest BCUT2D eigenvalue weighted by molar-refractivity contribution is -0.150. The summed E-state index contributed by atoms with van der Waals surface area (Å²) in [5, 5.41) is 13.0. The number of hydrogen-bond donors (Lipinski definition) is 1. The van der Waals surface area contributed by atoms with Gasteiger partial charge in [0.2, 0.25) is 0 Å². The minimum Gasteiger partial charge on any atom is -0.411 e. The van der Waals surface area contributed by atoms with Crippen LogP contribution in [0.15, 0.2) is 5.16 Å². The van der Waals surface area contributed by atoms with Crippen molar-refractivity contribution in [2.75, 3.05) is 6.61 Å². The molecule has 1 spiro atoms. The Hall–Kier alpha value is -0.570. The summed E-state index contributed by atoms with van der Waals surface area (Å²) in [6.45, 7) is 10.2. The van der Waals surface area contributed by atoms with Gasteiger partial charge in [-0.05, 0) is 112 Å². The molecule has 1 saturated heterocycles. The molecule has 5 fully saturated rings. The molecule has 3 heteroatoms. The van der Waals surface area contributed by atoms with Gasteiger partial charge in [0.05, 0.1) is 11.3 Å². The van der Waals surface area contributed by atoms with Gasteiger partial charge in [0.25, 0.3) is 0 Å². The minimum atomic E-state index is 0.223. The number of hydrogen-bond acceptors (Lipinski definition) is 3. The predicted octanol–water partition coefficient (Wildman–Crippen LogP) is 6.82. The van der Waals surface area contributed by atoms with Crippen molar-refractivity contribution in [1.82, 2.24) is 0 Å². The minimum absolute atomic E-state index is 0.223. The van der Waals surface area contributed by atoms with Crippen LogP contribution < -0.4 is 0 Å². The zero-order chi connectivity index (χ0) is 20.0. The van der Waals surface area contributed by atoms with Crippen LogP contribution in [0.25, 0.3) is 0 Å². The number of rotatable bonds is 0. The second-order valence-electron chi connectivity index (χ2n) is 10.8. The van der Waals surface area contributed by atoms with E-state index in [1.54, 1.807) is 0 Å². The van der Waals surface area contributed by atoms with E-state index in [9.17, 15) is 5.21 Å². The molecule has 160 valence electrons. The molecular weight excluding hydrogens is 346 g/mol. The van der Waals surface area contributed by atoms with Crippen LogP contribution in [0.3, 0.4) is 0 Å². The van der Waals surface area contributed by atoms with Crippen molar-refractivity contribution in [2.45, 2.75) is 110 Å². The molecule has 0 radical (unpaired) electrons. The van der Waals surface area contributed by atoms with Gasteiger partial charge in [-0.2, -0.15) is 0 Å². The first-order valence-electron chi connectivity index (χ1n) is 12.4. The van der Waals surface area contributed by atoms with Crippen molar-refractivity contribution < 1.29 is 9.94 Å². The van der Waals surface area contributed by atoms with Crippen LogP contribution in [0, 0.1) is 34.5 Å². The lowest BCUT2D eigenvalue weighted by atomic mass is 9.45. The standard InChI is InChI=1S/C23H37NO2.C2H6/c1-21-10-3-5-17(24-25)15-16(21)6-7-18-19(21)8-12-22(2)20(18)9-13-23(22)11-4-14-26-23;1-2/h16,18-20,25H,3-15H2,1-2H3;1-2H3/b24-17+;. The molecule has 5 aliphatic rings. The third kappa shape index (κ3) is 2.81. The molecule has 7 atom stereocenters. The largest absolute Gasteiger partial charge is 0.411 e. The average molecular weight is 390 g/mol. The molecule has 0 amide bonds. The molecular formula is C25H43NO2. The van der Waals surface area contributed by atoms with Crippen LogP contribution in [-0.4, -0.2) is 23.1 Å². The van der Waals surface area contributed by atoms with Crippen molar-refractivity contribution >= 4 is 5.71 Å². The summed E-state index contributed by atoms with van der Waals surface area (Å²) in [6.07, 6.45) is 15.4. The van der Waals surface area contributed by atoms with Gasteiger partial charge < -0.3 is 9.94 Å². The van der Waals surface area contributed by atoms with Crippen LogP contribution in [0.4, 0.5) is 0 Å². The molecule has 0 aromatic carbocycles. The van der Waals surface area contributed by atoms with Crippen LogP contribution in [0.5, 0.6) is 0 Å². The van der Waals surface area contributed by atoms with Gasteiger partial charge in [-0.15, -0.1) is 0 Å². The molecule has 1 heterocycles. The van der Waals surface area contributed by atoms with E-state index < -0.39 is 0 Å². The fourth-order valence-electron chi connectivity index (χ4n) is 8.85. The third-order valence-corrected chi connectivity index (χ3v) is 10.3. The monoisotopic (exact) mass is 389 g/mol. The summed E-state index contributed by atoms with van der Waals surface area (Å²) < 4.78 is 6.49. The predicted molar refractivity (Wildman–Crippen MR) is 115 cm³/mol. The summed E-state index contributed by atoms with van der Waals surface area (Å²) in [5.41, 5.74) is 2.18. The Kier molecular flexibility index (Phi) is 5.61. The van der Waals surface area contributed by atoms with Gasteiger partial charge in [0.1, 0.15) is 0 Å². The van der Waals surface area contributed by atoms with Gasteiger partial charge in [-0.3, -0.25) is 0 Å². The summed E-state index contributed by atoms with van der Waals surface area (Å²) in [6, 6.07) is 0. The Morgan fingerprint density at radius 3 is 2.43 bits per heavy atom. The van der Waals surface area contributed by atoms with Crippen molar-refractivity contribution in [3.05, 3.63) is 0 Å². The normalized spacial score (nSPS) is 51.6. The second kappa shape index (κ2) is 7.60. The quantitative estimate of drug-likeness (QED) is 0.364. The summed E-state index contributed by atoms with van der Waals surface area (Å²) >= 11 is 0. The molecule has 4 aliphatic carbocycles. The summed E-state index contributed by atoms with van der Waals surface area (Å²) in [7, 11) is 0.